The van der Waals surface area contributed by atoms with E-state index in [4.69, 9.17) is 0 Å². The van der Waals surface area contributed by atoms with E-state index in [1.807, 2.05) is 37.4 Å². The molecule has 1 fully saturated rings. The second-order valence-electron chi connectivity index (χ2n) is 6.32. The molecule has 0 atom stereocenters. The molecule has 1 aliphatic heterocycles. The van der Waals surface area contributed by atoms with Crippen molar-refractivity contribution in [2.45, 2.75) is 53.0 Å². The van der Waals surface area contributed by atoms with Gasteiger partial charge < -0.3 is 10.2 Å². The Morgan fingerprint density at radius 3 is 2.47 bits per heavy atom. The summed E-state index contributed by atoms with van der Waals surface area (Å²) in [5.74, 6) is 2.77. The second kappa shape index (κ2) is 8.15. The van der Waals surface area contributed by atoms with Crippen molar-refractivity contribution in [1.82, 2.24) is 10.2 Å². The normalized spacial score (nSPS) is 17.8. The average Bonchev–Trinajstić information content (AvgIpc) is 2.37. The quantitative estimate of drug-likeness (QED) is 0.762. The lowest BCUT2D eigenvalue weighted by molar-refractivity contribution is -0.140. The Bertz CT molecular complexity index is 268. The van der Waals surface area contributed by atoms with Crippen LogP contribution in [0.1, 0.15) is 47.0 Å². The molecule has 1 amide bonds. The standard InChI is InChI=1S/C15H30N2OS/c1-5-19-12-6-9-16-13-7-10-17(11-8-13)14(18)15(2,3)4/h13,16H,5-12H2,1-4H3. The summed E-state index contributed by atoms with van der Waals surface area (Å²) in [4.78, 5) is 14.2. The van der Waals surface area contributed by atoms with Crippen molar-refractivity contribution in [2.75, 3.05) is 31.1 Å². The summed E-state index contributed by atoms with van der Waals surface area (Å²) in [7, 11) is 0. The zero-order valence-corrected chi connectivity index (χ0v) is 13.8. The van der Waals surface area contributed by atoms with Gasteiger partial charge in [0.2, 0.25) is 5.91 Å². The summed E-state index contributed by atoms with van der Waals surface area (Å²) in [6.07, 6.45) is 3.45. The van der Waals surface area contributed by atoms with Crippen LogP contribution < -0.4 is 5.32 Å². The largest absolute Gasteiger partial charge is 0.342 e. The van der Waals surface area contributed by atoms with E-state index in [1.54, 1.807) is 0 Å². The molecule has 1 aliphatic rings. The Balaban J connectivity index is 2.17. The fraction of sp³-hybridized carbons (Fsp3) is 0.933. The summed E-state index contributed by atoms with van der Waals surface area (Å²) in [6.45, 7) is 11.2. The third-order valence-electron chi connectivity index (χ3n) is 3.53. The van der Waals surface area contributed by atoms with Crippen LogP contribution in [0.25, 0.3) is 0 Å². The van der Waals surface area contributed by atoms with Crippen LogP contribution in [-0.4, -0.2) is 48.0 Å². The van der Waals surface area contributed by atoms with Crippen LogP contribution in [0.3, 0.4) is 0 Å². The molecule has 0 aromatic rings. The molecular formula is C15H30N2OS. The van der Waals surface area contributed by atoms with Gasteiger partial charge in [-0.3, -0.25) is 4.79 Å². The molecule has 0 unspecified atom stereocenters. The molecule has 19 heavy (non-hydrogen) atoms. The second-order valence-corrected chi connectivity index (χ2v) is 7.71. The van der Waals surface area contributed by atoms with Crippen molar-refractivity contribution in [3.8, 4) is 0 Å². The first-order chi connectivity index (χ1) is 8.95. The number of thioether (sulfide) groups is 1. The van der Waals surface area contributed by atoms with Gasteiger partial charge in [0.05, 0.1) is 0 Å². The predicted molar refractivity (Wildman–Crippen MR) is 84.7 cm³/mol. The van der Waals surface area contributed by atoms with Gasteiger partial charge in [-0.25, -0.2) is 0 Å². The van der Waals surface area contributed by atoms with E-state index in [0.29, 0.717) is 11.9 Å². The molecule has 3 nitrogen and oxygen atoms in total. The highest BCUT2D eigenvalue weighted by atomic mass is 32.2. The Hall–Kier alpha value is -0.220. The van der Waals surface area contributed by atoms with Gasteiger partial charge in [0.25, 0.3) is 0 Å². The van der Waals surface area contributed by atoms with Crippen molar-refractivity contribution < 1.29 is 4.79 Å². The van der Waals surface area contributed by atoms with E-state index in [1.165, 1.54) is 17.9 Å². The van der Waals surface area contributed by atoms with Crippen LogP contribution in [-0.2, 0) is 4.79 Å². The summed E-state index contributed by atoms with van der Waals surface area (Å²) in [6, 6.07) is 0.607. The average molecular weight is 286 g/mol. The molecule has 112 valence electrons. The summed E-state index contributed by atoms with van der Waals surface area (Å²) < 4.78 is 0. The minimum atomic E-state index is -0.238. The monoisotopic (exact) mass is 286 g/mol. The number of carbonyl (C=O) groups excluding carboxylic acids is 1. The predicted octanol–water partition coefficient (Wildman–Crippen LogP) is 2.76. The molecule has 1 heterocycles. The number of nitrogens with one attached hydrogen (secondary N) is 1. The lowest BCUT2D eigenvalue weighted by Gasteiger charge is -2.36. The van der Waals surface area contributed by atoms with Gasteiger partial charge in [-0.15, -0.1) is 0 Å². The van der Waals surface area contributed by atoms with E-state index in [2.05, 4.69) is 12.2 Å². The van der Waals surface area contributed by atoms with Gasteiger partial charge in [0.15, 0.2) is 0 Å². The van der Waals surface area contributed by atoms with Gasteiger partial charge in [0, 0.05) is 24.5 Å². The van der Waals surface area contributed by atoms with E-state index in [0.717, 1.165) is 32.5 Å². The molecule has 0 bridgehead atoms. The Morgan fingerprint density at radius 1 is 1.32 bits per heavy atom. The van der Waals surface area contributed by atoms with Crippen LogP contribution in [0, 0.1) is 5.41 Å². The molecule has 0 saturated carbocycles. The van der Waals surface area contributed by atoms with E-state index in [-0.39, 0.29) is 5.41 Å². The summed E-state index contributed by atoms with van der Waals surface area (Å²) in [5.41, 5.74) is -0.238. The van der Waals surface area contributed by atoms with E-state index < -0.39 is 0 Å². The first kappa shape index (κ1) is 16.8. The van der Waals surface area contributed by atoms with Crippen molar-refractivity contribution >= 4 is 17.7 Å². The highest BCUT2D eigenvalue weighted by Crippen LogP contribution is 2.20. The maximum Gasteiger partial charge on any atom is 0.227 e. The molecule has 0 aromatic carbocycles. The first-order valence-electron chi connectivity index (χ1n) is 7.55. The number of amides is 1. The zero-order chi connectivity index (χ0) is 14.3. The highest BCUT2D eigenvalue weighted by molar-refractivity contribution is 7.99. The van der Waals surface area contributed by atoms with Gasteiger partial charge >= 0.3 is 0 Å². The smallest absolute Gasteiger partial charge is 0.227 e. The van der Waals surface area contributed by atoms with E-state index >= 15 is 0 Å². The van der Waals surface area contributed by atoms with Crippen molar-refractivity contribution in [2.24, 2.45) is 5.41 Å². The number of hydrogen-bond donors (Lipinski definition) is 1. The van der Waals surface area contributed by atoms with Crippen LogP contribution in [0.2, 0.25) is 0 Å². The first-order valence-corrected chi connectivity index (χ1v) is 8.71. The minimum absolute atomic E-state index is 0.238. The Morgan fingerprint density at radius 2 is 1.95 bits per heavy atom. The minimum Gasteiger partial charge on any atom is -0.342 e. The van der Waals surface area contributed by atoms with E-state index in [9.17, 15) is 4.79 Å². The zero-order valence-electron chi connectivity index (χ0n) is 13.0. The van der Waals surface area contributed by atoms with Gasteiger partial charge in [-0.05, 0) is 37.3 Å². The number of likely N-dealkylation sites (tertiary alicyclic amines) is 1. The molecule has 1 saturated heterocycles. The van der Waals surface area contributed by atoms with Crippen LogP contribution in [0.5, 0.6) is 0 Å². The van der Waals surface area contributed by atoms with Crippen LogP contribution in [0.4, 0.5) is 0 Å². The molecule has 0 radical (unpaired) electrons. The number of rotatable bonds is 6. The van der Waals surface area contributed by atoms with Gasteiger partial charge in [-0.2, -0.15) is 11.8 Å². The Kier molecular flexibility index (Phi) is 7.22. The van der Waals surface area contributed by atoms with Crippen molar-refractivity contribution in [1.29, 1.82) is 0 Å². The third-order valence-corrected chi connectivity index (χ3v) is 4.51. The SMILES string of the molecule is CCSCCCNC1CCN(C(=O)C(C)(C)C)CC1. The molecule has 0 aromatic heterocycles. The van der Waals surface area contributed by atoms with Gasteiger partial charge in [0.1, 0.15) is 0 Å². The molecule has 0 spiro atoms. The van der Waals surface area contributed by atoms with Crippen LogP contribution >= 0.6 is 11.8 Å². The molecule has 4 heteroatoms. The third kappa shape index (κ3) is 6.17. The lowest BCUT2D eigenvalue weighted by Crippen LogP contribution is -2.48. The maximum atomic E-state index is 12.2. The Labute approximate surface area is 122 Å². The number of nitrogens with zero attached hydrogens (tertiary/aromatic N) is 1. The fourth-order valence-electron chi connectivity index (χ4n) is 2.39. The van der Waals surface area contributed by atoms with Crippen molar-refractivity contribution in [3.63, 3.8) is 0 Å². The highest BCUT2D eigenvalue weighted by Gasteiger charge is 2.29. The van der Waals surface area contributed by atoms with Gasteiger partial charge in [-0.1, -0.05) is 27.7 Å². The van der Waals surface area contributed by atoms with Crippen LogP contribution in [0.15, 0.2) is 0 Å². The fourth-order valence-corrected chi connectivity index (χ4v) is 3.02. The maximum absolute atomic E-state index is 12.2. The molecule has 1 N–H and O–H groups in total. The number of hydrogen-bond acceptors (Lipinski definition) is 3. The molecule has 1 rings (SSSR count). The summed E-state index contributed by atoms with van der Waals surface area (Å²) in [5, 5.41) is 3.63. The summed E-state index contributed by atoms with van der Waals surface area (Å²) >= 11 is 2.01. The molecule has 0 aliphatic carbocycles. The lowest BCUT2D eigenvalue weighted by atomic mass is 9.93. The number of piperidine rings is 1. The molecular weight excluding hydrogens is 256 g/mol. The topological polar surface area (TPSA) is 32.3 Å². The number of carbonyl (C=O) groups is 1. The van der Waals surface area contributed by atoms with Crippen molar-refractivity contribution in [3.05, 3.63) is 0 Å².